The van der Waals surface area contributed by atoms with E-state index in [-0.39, 0.29) is 19.3 Å². The van der Waals surface area contributed by atoms with Crippen LogP contribution in [-0.4, -0.2) is 76.7 Å². The third-order valence-electron chi connectivity index (χ3n) is 9.20. The highest BCUT2D eigenvalue weighted by molar-refractivity contribution is 8.22. The number of para-hydroxylation sites is 1. The van der Waals surface area contributed by atoms with Crippen LogP contribution in [0.15, 0.2) is 53.6 Å². The molecule has 0 aliphatic carbocycles. The number of carbonyl (C=O) groups is 1. The summed E-state index contributed by atoms with van der Waals surface area (Å²) in [4.78, 5) is 15.4. The summed E-state index contributed by atoms with van der Waals surface area (Å²) in [6, 6.07) is 12.8. The van der Waals surface area contributed by atoms with Gasteiger partial charge >= 0.3 is 5.97 Å². The van der Waals surface area contributed by atoms with Gasteiger partial charge in [0.25, 0.3) is 0 Å². The van der Waals surface area contributed by atoms with E-state index in [1.165, 1.54) is 6.42 Å². The summed E-state index contributed by atoms with van der Waals surface area (Å²) in [7, 11) is -3.34. The third kappa shape index (κ3) is 7.75. The van der Waals surface area contributed by atoms with Gasteiger partial charge in [-0.05, 0) is 101 Å². The van der Waals surface area contributed by atoms with Crippen molar-refractivity contribution in [2.24, 2.45) is 11.3 Å². The van der Waals surface area contributed by atoms with Crippen LogP contribution in [0, 0.1) is 18.3 Å². The maximum atomic E-state index is 12.5. The van der Waals surface area contributed by atoms with E-state index in [1.54, 1.807) is 36.4 Å². The fraction of sp³-hybridized carbons (Fsp3) is 0.559. The first-order chi connectivity index (χ1) is 21.9. The van der Waals surface area contributed by atoms with Gasteiger partial charge in [-0.1, -0.05) is 42.5 Å². The van der Waals surface area contributed by atoms with Gasteiger partial charge in [-0.2, -0.15) is 4.31 Å². The Balaban J connectivity index is 1.32. The summed E-state index contributed by atoms with van der Waals surface area (Å²) in [6.45, 7) is 14.2. The predicted octanol–water partition coefficient (Wildman–Crippen LogP) is 6.38. The number of carboxylic acid groups (broad SMARTS) is 1. The normalized spacial score (nSPS) is 20.8. The van der Waals surface area contributed by atoms with Crippen LogP contribution < -0.4 is 4.74 Å². The fourth-order valence-electron chi connectivity index (χ4n) is 6.40. The summed E-state index contributed by atoms with van der Waals surface area (Å²) >= 11 is 0. The Morgan fingerprint density at radius 2 is 1.91 bits per heavy atom. The van der Waals surface area contributed by atoms with Crippen molar-refractivity contribution in [3.05, 3.63) is 71.0 Å². The number of aliphatic carboxylic acids is 1. The molecule has 3 N–H and O–H groups in total. The lowest BCUT2D eigenvalue weighted by atomic mass is 9.81. The minimum atomic E-state index is -3.34. The molecule has 46 heavy (non-hydrogen) atoms. The van der Waals surface area contributed by atoms with Gasteiger partial charge in [0, 0.05) is 13.1 Å². The Morgan fingerprint density at radius 1 is 1.17 bits per heavy atom. The Bertz CT molecular complexity index is 1490. The maximum absolute atomic E-state index is 12.5. The first-order valence-electron chi connectivity index (χ1n) is 16.2. The van der Waals surface area contributed by atoms with Crippen molar-refractivity contribution in [3.63, 3.8) is 0 Å². The number of rotatable bonds is 12. The Morgan fingerprint density at radius 3 is 2.63 bits per heavy atom. The molecule has 0 spiro atoms. The van der Waals surface area contributed by atoms with Crippen molar-refractivity contribution in [1.82, 2.24) is 24.2 Å². The molecule has 0 amide bonds. The second-order valence-electron chi connectivity index (χ2n) is 13.3. The molecule has 1 aromatic heterocycles. The molecule has 3 heterocycles. The topological polar surface area (TPSA) is 133 Å². The molecule has 2 aliphatic rings. The van der Waals surface area contributed by atoms with E-state index >= 15 is 0 Å². The number of fused-ring (bicyclic) bond motifs is 1. The van der Waals surface area contributed by atoms with Crippen LogP contribution in [0.5, 0.6) is 5.75 Å². The molecule has 12 heteroatoms. The third-order valence-corrected chi connectivity index (χ3v) is 11.1. The second kappa shape index (κ2) is 14.4. The van der Waals surface area contributed by atoms with Gasteiger partial charge < -0.3 is 19.5 Å². The molecule has 2 atom stereocenters. The molecule has 252 valence electrons. The average Bonchev–Trinajstić information content (AvgIpc) is 3.42. The van der Waals surface area contributed by atoms with Crippen LogP contribution in [0.4, 0.5) is 0 Å². The van der Waals surface area contributed by atoms with Gasteiger partial charge in [0.15, 0.2) is 0 Å². The molecule has 2 unspecified atom stereocenters. The van der Waals surface area contributed by atoms with Gasteiger partial charge in [-0.25, -0.2) is 0 Å². The van der Waals surface area contributed by atoms with E-state index in [4.69, 9.17) is 9.47 Å². The number of piperidine rings is 1. The van der Waals surface area contributed by atoms with Gasteiger partial charge in [0.05, 0.1) is 30.9 Å². The highest BCUT2D eigenvalue weighted by Crippen LogP contribution is 2.57. The van der Waals surface area contributed by atoms with Crippen LogP contribution in [-0.2, 0) is 29.2 Å². The molecule has 5 rings (SSSR count). The quantitative estimate of drug-likeness (QED) is 0.202. The number of likely N-dealkylation sites (tertiary alicyclic amines) is 1. The highest BCUT2D eigenvalue weighted by Gasteiger charge is 2.40. The van der Waals surface area contributed by atoms with Crippen LogP contribution in [0.3, 0.4) is 0 Å². The average molecular weight is 656 g/mol. The zero-order valence-corrected chi connectivity index (χ0v) is 28.4. The van der Waals surface area contributed by atoms with Crippen LogP contribution >= 0.6 is 10.8 Å². The number of nitrogens with zero attached hydrogens (tertiary/aromatic N) is 5. The molecular weight excluding hydrogens is 606 g/mol. The fourth-order valence-corrected chi connectivity index (χ4v) is 8.06. The zero-order chi connectivity index (χ0) is 33.1. The Hall–Kier alpha value is -3.00. The van der Waals surface area contributed by atoms with Crippen molar-refractivity contribution in [1.29, 1.82) is 0 Å². The number of hydrogen-bond acceptors (Lipinski definition) is 9. The first kappa shape index (κ1) is 34.3. The van der Waals surface area contributed by atoms with E-state index in [1.807, 2.05) is 49.0 Å². The van der Waals surface area contributed by atoms with E-state index < -0.39 is 28.3 Å². The zero-order valence-electron chi connectivity index (χ0n) is 27.6. The number of aromatic nitrogens is 3. The van der Waals surface area contributed by atoms with Crippen molar-refractivity contribution in [2.75, 3.05) is 26.2 Å². The lowest BCUT2D eigenvalue weighted by Crippen LogP contribution is -2.35. The van der Waals surface area contributed by atoms with Gasteiger partial charge in [0.1, 0.15) is 22.4 Å². The van der Waals surface area contributed by atoms with E-state index in [2.05, 4.69) is 22.1 Å². The summed E-state index contributed by atoms with van der Waals surface area (Å²) in [6.07, 6.45) is 4.28. The minimum Gasteiger partial charge on any atom is -0.487 e. The number of aryl methyl sites for hydroxylation is 1. The second-order valence-corrected chi connectivity index (χ2v) is 15.3. The number of carboxylic acids is 1. The monoisotopic (exact) mass is 655 g/mol. The summed E-state index contributed by atoms with van der Waals surface area (Å²) in [5.41, 5.74) is 1.86. The standard InChI is InChI=1S/C34H49N5O6S/c1-6-15-37-16-13-26(14-17-37)20-38-22-29(35-36-38)23-44-32(34(4,5)33(40)41)27-12-11-24(2)28(18-27)21-39-19-25(3)45-30-9-7-8-10-31(30)46(39,42)43/h7-12,18,22,25-26,32,42-43H,6,13-17,19-21,23H2,1-5H3,(H,40,41). The molecule has 0 saturated carbocycles. The minimum absolute atomic E-state index is 0.109. The molecule has 11 nitrogen and oxygen atoms in total. The molecule has 2 aromatic carbocycles. The van der Waals surface area contributed by atoms with Crippen LogP contribution in [0.25, 0.3) is 0 Å². The summed E-state index contributed by atoms with van der Waals surface area (Å²) < 4.78 is 38.8. The van der Waals surface area contributed by atoms with E-state index in [0.29, 0.717) is 34.4 Å². The summed E-state index contributed by atoms with van der Waals surface area (Å²) in [5.74, 6) is 0.0368. The molecule has 0 radical (unpaired) electrons. The number of hydrogen-bond donors (Lipinski definition) is 3. The smallest absolute Gasteiger partial charge is 0.312 e. The van der Waals surface area contributed by atoms with Crippen molar-refractivity contribution in [3.8, 4) is 5.75 Å². The van der Waals surface area contributed by atoms with Crippen molar-refractivity contribution < 1.29 is 28.5 Å². The molecule has 2 aliphatic heterocycles. The van der Waals surface area contributed by atoms with E-state index in [0.717, 1.165) is 50.1 Å². The first-order valence-corrected chi connectivity index (χ1v) is 17.7. The maximum Gasteiger partial charge on any atom is 0.312 e. The molecule has 3 aromatic rings. The lowest BCUT2D eigenvalue weighted by molar-refractivity contribution is -0.158. The van der Waals surface area contributed by atoms with Crippen LogP contribution in [0.2, 0.25) is 0 Å². The molecule has 1 fully saturated rings. The van der Waals surface area contributed by atoms with E-state index in [9.17, 15) is 19.0 Å². The van der Waals surface area contributed by atoms with Gasteiger partial charge in [-0.3, -0.25) is 18.6 Å². The Labute approximate surface area is 274 Å². The summed E-state index contributed by atoms with van der Waals surface area (Å²) in [5, 5.41) is 18.9. The molecule has 1 saturated heterocycles. The van der Waals surface area contributed by atoms with Crippen molar-refractivity contribution >= 4 is 16.7 Å². The van der Waals surface area contributed by atoms with Gasteiger partial charge in [0.2, 0.25) is 0 Å². The van der Waals surface area contributed by atoms with Crippen molar-refractivity contribution in [2.45, 2.75) is 90.7 Å². The van der Waals surface area contributed by atoms with Crippen LogP contribution in [0.1, 0.15) is 75.4 Å². The Kier molecular flexibility index (Phi) is 10.8. The highest BCUT2D eigenvalue weighted by atomic mass is 32.3. The molecular formula is C34H49N5O6S. The SMILES string of the molecule is CCCN1CCC(Cn2cc(COC(c3ccc(C)c(CN4CC(C)Oc5ccccc5S4(O)O)c3)C(C)(C)C(=O)O)nn2)CC1. The largest absolute Gasteiger partial charge is 0.487 e. The number of benzene rings is 2. The van der Waals surface area contributed by atoms with Gasteiger partial charge in [-0.15, -0.1) is 15.9 Å². The number of ether oxygens (including phenoxy) is 2. The predicted molar refractivity (Wildman–Crippen MR) is 178 cm³/mol. The molecule has 0 bridgehead atoms. The lowest BCUT2D eigenvalue weighted by Gasteiger charge is -2.42.